The number of benzene rings is 2. The lowest BCUT2D eigenvalue weighted by atomic mass is 9.72. The van der Waals surface area contributed by atoms with E-state index in [2.05, 4.69) is 62.7 Å². The van der Waals surface area contributed by atoms with Crippen molar-refractivity contribution in [3.8, 4) is 11.5 Å². The van der Waals surface area contributed by atoms with E-state index in [4.69, 9.17) is 10.5 Å². The van der Waals surface area contributed by atoms with Gasteiger partial charge in [0.15, 0.2) is 0 Å². The molecule has 0 fully saturated rings. The summed E-state index contributed by atoms with van der Waals surface area (Å²) in [5, 5.41) is 0. The quantitative estimate of drug-likeness (QED) is 0.615. The first-order valence-electron chi connectivity index (χ1n) is 7.90. The molecule has 0 amide bonds. The van der Waals surface area contributed by atoms with Crippen molar-refractivity contribution in [2.75, 3.05) is 5.73 Å². The van der Waals surface area contributed by atoms with Crippen molar-refractivity contribution in [1.29, 1.82) is 0 Å². The zero-order valence-electron chi connectivity index (χ0n) is 14.6. The summed E-state index contributed by atoms with van der Waals surface area (Å²) in [7, 11) is 0. The van der Waals surface area contributed by atoms with E-state index in [0.717, 1.165) is 28.1 Å². The third-order valence-corrected chi connectivity index (χ3v) is 4.41. The molecule has 2 aromatic rings. The molecule has 0 aromatic heterocycles. The van der Waals surface area contributed by atoms with Crippen molar-refractivity contribution in [3.63, 3.8) is 0 Å². The van der Waals surface area contributed by atoms with Gasteiger partial charge in [-0.15, -0.1) is 0 Å². The van der Waals surface area contributed by atoms with E-state index in [1.165, 1.54) is 5.56 Å². The van der Waals surface area contributed by atoms with Crippen LogP contribution in [0.1, 0.15) is 46.6 Å². The summed E-state index contributed by atoms with van der Waals surface area (Å²) in [4.78, 5) is 0. The Labute approximate surface area is 148 Å². The maximum absolute atomic E-state index is 5.93. The SMILES string of the molecule is CC(C)(C)CC(C)(C)c1ccc(Oc2ccc(N)cc2)c(Br)c1. The van der Waals surface area contributed by atoms with Gasteiger partial charge in [-0.2, -0.15) is 0 Å². The Bertz CT molecular complexity index is 669. The second-order valence-corrected chi connectivity index (χ2v) is 8.79. The van der Waals surface area contributed by atoms with Gasteiger partial charge in [0.1, 0.15) is 11.5 Å². The zero-order valence-corrected chi connectivity index (χ0v) is 16.2. The van der Waals surface area contributed by atoms with E-state index in [1.54, 1.807) is 0 Å². The fourth-order valence-corrected chi connectivity index (χ4v) is 3.56. The number of hydrogen-bond acceptors (Lipinski definition) is 2. The van der Waals surface area contributed by atoms with Crippen molar-refractivity contribution in [2.45, 2.75) is 46.5 Å². The van der Waals surface area contributed by atoms with E-state index in [9.17, 15) is 0 Å². The molecule has 0 radical (unpaired) electrons. The van der Waals surface area contributed by atoms with Crippen LogP contribution in [0.5, 0.6) is 11.5 Å². The molecule has 0 heterocycles. The van der Waals surface area contributed by atoms with E-state index >= 15 is 0 Å². The molecule has 0 aliphatic rings. The molecular weight excluding hydrogens is 350 g/mol. The molecule has 2 N–H and O–H groups in total. The third-order valence-electron chi connectivity index (χ3n) is 3.79. The molecule has 23 heavy (non-hydrogen) atoms. The highest BCUT2D eigenvalue weighted by molar-refractivity contribution is 9.10. The molecule has 0 bridgehead atoms. The van der Waals surface area contributed by atoms with Crippen molar-refractivity contribution >= 4 is 21.6 Å². The van der Waals surface area contributed by atoms with Gasteiger partial charge in [-0.05, 0) is 75.1 Å². The summed E-state index contributed by atoms with van der Waals surface area (Å²) in [6.07, 6.45) is 1.12. The van der Waals surface area contributed by atoms with Gasteiger partial charge in [0.2, 0.25) is 0 Å². The van der Waals surface area contributed by atoms with Crippen LogP contribution in [0.25, 0.3) is 0 Å². The number of halogens is 1. The van der Waals surface area contributed by atoms with E-state index in [1.807, 2.05) is 30.3 Å². The van der Waals surface area contributed by atoms with E-state index in [-0.39, 0.29) is 10.8 Å². The monoisotopic (exact) mass is 375 g/mol. The normalized spacial score (nSPS) is 12.3. The van der Waals surface area contributed by atoms with E-state index < -0.39 is 0 Å². The summed E-state index contributed by atoms with van der Waals surface area (Å²) in [6, 6.07) is 13.8. The lowest BCUT2D eigenvalue weighted by Crippen LogP contribution is -2.24. The lowest BCUT2D eigenvalue weighted by molar-refractivity contribution is 0.284. The van der Waals surface area contributed by atoms with Gasteiger partial charge in [-0.1, -0.05) is 40.7 Å². The Hall–Kier alpha value is -1.48. The molecule has 2 rings (SSSR count). The van der Waals surface area contributed by atoms with Crippen LogP contribution < -0.4 is 10.5 Å². The number of nitrogens with two attached hydrogens (primary N) is 1. The van der Waals surface area contributed by atoms with Crippen LogP contribution in [0.2, 0.25) is 0 Å². The largest absolute Gasteiger partial charge is 0.456 e. The van der Waals surface area contributed by atoms with Crippen LogP contribution in [-0.2, 0) is 5.41 Å². The number of nitrogen functional groups attached to an aromatic ring is 1. The molecule has 0 unspecified atom stereocenters. The van der Waals surface area contributed by atoms with Gasteiger partial charge in [-0.3, -0.25) is 0 Å². The topological polar surface area (TPSA) is 35.2 Å². The van der Waals surface area contributed by atoms with Crippen LogP contribution >= 0.6 is 15.9 Å². The molecule has 0 saturated heterocycles. The molecule has 3 heteroatoms. The van der Waals surface area contributed by atoms with Gasteiger partial charge in [0.25, 0.3) is 0 Å². The Kier molecular flexibility index (Phi) is 5.10. The Morgan fingerprint density at radius 2 is 1.57 bits per heavy atom. The molecule has 0 aliphatic carbocycles. The number of hydrogen-bond donors (Lipinski definition) is 1. The molecule has 124 valence electrons. The highest BCUT2D eigenvalue weighted by Crippen LogP contribution is 2.39. The predicted molar refractivity (Wildman–Crippen MR) is 102 cm³/mol. The first-order valence-corrected chi connectivity index (χ1v) is 8.70. The summed E-state index contributed by atoms with van der Waals surface area (Å²) < 4.78 is 6.90. The minimum atomic E-state index is 0.112. The van der Waals surface area contributed by atoms with Crippen molar-refractivity contribution in [2.24, 2.45) is 5.41 Å². The third kappa shape index (κ3) is 5.00. The molecular formula is C20H26BrNO. The Morgan fingerprint density at radius 3 is 2.09 bits per heavy atom. The van der Waals surface area contributed by atoms with Crippen LogP contribution in [0.15, 0.2) is 46.9 Å². The molecule has 0 atom stereocenters. The Morgan fingerprint density at radius 1 is 0.957 bits per heavy atom. The molecule has 0 spiro atoms. The van der Waals surface area contributed by atoms with Crippen molar-refractivity contribution in [1.82, 2.24) is 0 Å². The van der Waals surface area contributed by atoms with Crippen LogP contribution in [-0.4, -0.2) is 0 Å². The maximum Gasteiger partial charge on any atom is 0.141 e. The van der Waals surface area contributed by atoms with E-state index in [0.29, 0.717) is 0 Å². The average Bonchev–Trinajstić information content (AvgIpc) is 2.40. The van der Waals surface area contributed by atoms with Crippen LogP contribution in [0.3, 0.4) is 0 Å². The first kappa shape index (κ1) is 17.9. The number of anilines is 1. The summed E-state index contributed by atoms with van der Waals surface area (Å²) in [6.45, 7) is 11.4. The minimum absolute atomic E-state index is 0.112. The molecule has 0 saturated carbocycles. The summed E-state index contributed by atoms with van der Waals surface area (Å²) >= 11 is 3.64. The molecule has 2 aromatic carbocycles. The van der Waals surface area contributed by atoms with Gasteiger partial charge < -0.3 is 10.5 Å². The molecule has 2 nitrogen and oxygen atoms in total. The first-order chi connectivity index (χ1) is 10.6. The number of rotatable bonds is 4. The fraction of sp³-hybridized carbons (Fsp3) is 0.400. The lowest BCUT2D eigenvalue weighted by Gasteiger charge is -2.33. The highest BCUT2D eigenvalue weighted by Gasteiger charge is 2.27. The average molecular weight is 376 g/mol. The summed E-state index contributed by atoms with van der Waals surface area (Å²) in [5.74, 6) is 1.59. The highest BCUT2D eigenvalue weighted by atomic mass is 79.9. The fourth-order valence-electron chi connectivity index (χ4n) is 3.10. The van der Waals surface area contributed by atoms with Gasteiger partial charge >= 0.3 is 0 Å². The Balaban J connectivity index is 2.22. The maximum atomic E-state index is 5.93. The minimum Gasteiger partial charge on any atom is -0.456 e. The molecule has 0 aliphatic heterocycles. The summed E-state index contributed by atoms with van der Waals surface area (Å²) in [5.41, 5.74) is 8.14. The standard InChI is InChI=1S/C20H26BrNO/c1-19(2,3)13-20(4,5)14-6-11-18(17(21)12-14)23-16-9-7-15(22)8-10-16/h6-12H,13,22H2,1-5H3. The van der Waals surface area contributed by atoms with Crippen LogP contribution in [0.4, 0.5) is 5.69 Å². The predicted octanol–water partition coefficient (Wildman–Crippen LogP) is 6.54. The van der Waals surface area contributed by atoms with Gasteiger partial charge in [-0.25, -0.2) is 0 Å². The van der Waals surface area contributed by atoms with Crippen LogP contribution in [0, 0.1) is 5.41 Å². The number of ether oxygens (including phenoxy) is 1. The van der Waals surface area contributed by atoms with Gasteiger partial charge in [0, 0.05) is 5.69 Å². The smallest absolute Gasteiger partial charge is 0.141 e. The second kappa shape index (κ2) is 6.56. The zero-order chi connectivity index (χ0) is 17.3. The second-order valence-electron chi connectivity index (χ2n) is 7.94. The van der Waals surface area contributed by atoms with Crippen molar-refractivity contribution < 1.29 is 4.74 Å². The van der Waals surface area contributed by atoms with Crippen molar-refractivity contribution in [3.05, 3.63) is 52.5 Å². The van der Waals surface area contributed by atoms with Gasteiger partial charge in [0.05, 0.1) is 4.47 Å².